The molecule has 0 bridgehead atoms. The molecule has 3 aliphatic rings. The quantitative estimate of drug-likeness (QED) is 0.139. The summed E-state index contributed by atoms with van der Waals surface area (Å²) in [5, 5.41) is 8.53. The summed E-state index contributed by atoms with van der Waals surface area (Å²) in [7, 11) is 2.06. The van der Waals surface area contributed by atoms with Gasteiger partial charge in [0, 0.05) is 83.3 Å². The first kappa shape index (κ1) is 38.5. The second kappa shape index (κ2) is 16.3. The number of anilines is 4. The molecule has 58 heavy (non-hydrogen) atoms. The van der Waals surface area contributed by atoms with Crippen molar-refractivity contribution in [2.24, 2.45) is 0 Å². The van der Waals surface area contributed by atoms with Gasteiger partial charge >= 0.3 is 0 Å². The fourth-order valence-electron chi connectivity index (χ4n) is 7.75. The highest BCUT2D eigenvalue weighted by molar-refractivity contribution is 9.10. The molecule has 294 valence electrons. The summed E-state index contributed by atoms with van der Waals surface area (Å²) in [5.41, 5.74) is 6.97. The number of nitrogens with one attached hydrogen (secondary N) is 3. The smallest absolute Gasteiger partial charge is 0.263 e. The number of carbonyl (C=O) groups excluding carboxylic acids is 5. The van der Waals surface area contributed by atoms with Gasteiger partial charge in [-0.25, -0.2) is 9.97 Å². The number of halogens is 1. The van der Waals surface area contributed by atoms with Gasteiger partial charge in [0.25, 0.3) is 17.7 Å². The van der Waals surface area contributed by atoms with Crippen LogP contribution in [0.25, 0.3) is 11.3 Å². The van der Waals surface area contributed by atoms with Crippen molar-refractivity contribution >= 4 is 68.5 Å². The highest BCUT2D eigenvalue weighted by atomic mass is 79.9. The molecule has 1 unspecified atom stereocenters. The average molecular weight is 843 g/mol. The van der Waals surface area contributed by atoms with Crippen LogP contribution in [0.2, 0.25) is 0 Å². The minimum absolute atomic E-state index is 0.0687. The molecular formula is C43H40BrN9O5. The summed E-state index contributed by atoms with van der Waals surface area (Å²) >= 11 is 3.50. The van der Waals surface area contributed by atoms with E-state index in [2.05, 4.69) is 63.7 Å². The molecule has 5 amide bonds. The second-order valence-electron chi connectivity index (χ2n) is 14.7. The predicted octanol–water partition coefficient (Wildman–Crippen LogP) is 6.11. The Kier molecular flexibility index (Phi) is 10.8. The number of amides is 5. The molecule has 2 aromatic heterocycles. The van der Waals surface area contributed by atoms with Crippen LogP contribution in [-0.2, 0) is 16.1 Å². The number of hydrogen-bond donors (Lipinski definition) is 3. The van der Waals surface area contributed by atoms with Gasteiger partial charge in [0.1, 0.15) is 6.04 Å². The number of fused-ring (bicyclic) bond motifs is 1. The Morgan fingerprint density at radius 3 is 2.48 bits per heavy atom. The Morgan fingerprint density at radius 2 is 1.74 bits per heavy atom. The van der Waals surface area contributed by atoms with Gasteiger partial charge in [-0.2, -0.15) is 0 Å². The zero-order chi connectivity index (χ0) is 40.5. The van der Waals surface area contributed by atoms with Crippen LogP contribution in [0.5, 0.6) is 0 Å². The Morgan fingerprint density at radius 1 is 0.948 bits per heavy atom. The van der Waals surface area contributed by atoms with E-state index in [0.29, 0.717) is 28.2 Å². The van der Waals surface area contributed by atoms with E-state index in [1.54, 1.807) is 24.7 Å². The summed E-state index contributed by atoms with van der Waals surface area (Å²) in [6.45, 7) is 4.19. The maximum Gasteiger partial charge on any atom is 0.263 e. The Bertz CT molecular complexity index is 2440. The van der Waals surface area contributed by atoms with Crippen LogP contribution in [0, 0.1) is 6.92 Å². The average Bonchev–Trinajstić information content (AvgIpc) is 3.48. The molecule has 3 N–H and O–H groups in total. The zero-order valence-electron chi connectivity index (χ0n) is 31.9. The maximum absolute atomic E-state index is 13.4. The third-order valence-electron chi connectivity index (χ3n) is 10.9. The lowest BCUT2D eigenvalue weighted by atomic mass is 10.0. The molecule has 3 aliphatic heterocycles. The molecule has 14 nitrogen and oxygen atoms in total. The largest absolute Gasteiger partial charge is 0.371 e. The topological polar surface area (TPSA) is 170 Å². The van der Waals surface area contributed by atoms with Crippen LogP contribution in [-0.4, -0.2) is 86.5 Å². The van der Waals surface area contributed by atoms with Gasteiger partial charge in [0.05, 0.1) is 16.8 Å². The Balaban J connectivity index is 0.850. The second-order valence-corrected chi connectivity index (χ2v) is 15.6. The molecule has 0 aliphatic carbocycles. The number of carbonyl (C=O) groups is 5. The highest BCUT2D eigenvalue weighted by Gasteiger charge is 2.45. The minimum atomic E-state index is -1.01. The van der Waals surface area contributed by atoms with Gasteiger partial charge in [-0.3, -0.25) is 44.1 Å². The number of nitrogens with zero attached hydrogens (tertiary/aromatic N) is 6. The van der Waals surface area contributed by atoms with Crippen LogP contribution in [0.3, 0.4) is 0 Å². The summed E-state index contributed by atoms with van der Waals surface area (Å²) in [6.07, 6.45) is 7.16. The van der Waals surface area contributed by atoms with E-state index in [0.717, 1.165) is 64.6 Å². The van der Waals surface area contributed by atoms with Crippen molar-refractivity contribution in [2.45, 2.75) is 51.2 Å². The maximum atomic E-state index is 13.4. The Hall–Kier alpha value is -6.32. The van der Waals surface area contributed by atoms with E-state index in [4.69, 9.17) is 0 Å². The minimum Gasteiger partial charge on any atom is -0.371 e. The number of benzene rings is 3. The lowest BCUT2D eigenvalue weighted by Crippen LogP contribution is -2.54. The molecular weight excluding hydrogens is 802 g/mol. The number of piperidine rings is 2. The first-order chi connectivity index (χ1) is 28.0. The van der Waals surface area contributed by atoms with E-state index in [9.17, 15) is 24.0 Å². The molecule has 15 heteroatoms. The third-order valence-corrected chi connectivity index (χ3v) is 11.5. The number of rotatable bonds is 10. The summed E-state index contributed by atoms with van der Waals surface area (Å²) in [6, 6.07) is 21.8. The highest BCUT2D eigenvalue weighted by Crippen LogP contribution is 2.35. The van der Waals surface area contributed by atoms with Crippen LogP contribution >= 0.6 is 15.9 Å². The van der Waals surface area contributed by atoms with Gasteiger partial charge in [0.2, 0.25) is 17.8 Å². The van der Waals surface area contributed by atoms with Gasteiger partial charge in [-0.15, -0.1) is 0 Å². The van der Waals surface area contributed by atoms with Gasteiger partial charge in [0.15, 0.2) is 0 Å². The molecule has 3 aromatic carbocycles. The molecule has 1 atom stereocenters. The fourth-order valence-corrected chi connectivity index (χ4v) is 8.43. The molecule has 0 saturated carbocycles. The predicted molar refractivity (Wildman–Crippen MR) is 222 cm³/mol. The molecule has 2 saturated heterocycles. The zero-order valence-corrected chi connectivity index (χ0v) is 33.5. The number of pyridine rings is 1. The van der Waals surface area contributed by atoms with Crippen LogP contribution in [0.4, 0.5) is 23.0 Å². The molecule has 8 rings (SSSR count). The van der Waals surface area contributed by atoms with Crippen molar-refractivity contribution in [1.82, 2.24) is 30.1 Å². The number of hydrogen-bond acceptors (Lipinski definition) is 11. The molecule has 5 aromatic rings. The standard InChI is InChI=1S/C43H40BrN9O5/c1-25-5-8-29(22-35(25)49-43-46-17-13-34(48-43)28-4-3-16-45-23-28)47-39(55)27-6-9-31(10-7-27)52-18-14-30(15-19-52)51(2)24-26-20-32-38(33(44)21-26)42(58)53(41(32)57)36-11-12-37(54)50-40(36)56/h3-10,13,16-17,20-23,30,36H,11-12,14-15,18-19,24H2,1-2H3,(H,47,55)(H,46,48,49)(H,50,54,56). The molecule has 0 radical (unpaired) electrons. The Labute approximate surface area is 343 Å². The first-order valence-electron chi connectivity index (χ1n) is 19.0. The summed E-state index contributed by atoms with van der Waals surface area (Å²) < 4.78 is 0.503. The van der Waals surface area contributed by atoms with Crippen molar-refractivity contribution in [3.63, 3.8) is 0 Å². The number of aromatic nitrogens is 3. The third kappa shape index (κ3) is 7.95. The summed E-state index contributed by atoms with van der Waals surface area (Å²) in [4.78, 5) is 82.9. The number of imide groups is 2. The first-order valence-corrected chi connectivity index (χ1v) is 19.8. The van der Waals surface area contributed by atoms with E-state index in [1.807, 2.05) is 73.7 Å². The fraction of sp³-hybridized carbons (Fsp3) is 0.256. The molecule has 5 heterocycles. The monoisotopic (exact) mass is 841 g/mol. The lowest BCUT2D eigenvalue weighted by Gasteiger charge is -2.38. The number of aryl methyl sites for hydroxylation is 1. The van der Waals surface area contributed by atoms with Crippen molar-refractivity contribution < 1.29 is 24.0 Å². The van der Waals surface area contributed by atoms with E-state index in [1.165, 1.54) is 0 Å². The van der Waals surface area contributed by atoms with Crippen molar-refractivity contribution in [3.8, 4) is 11.3 Å². The normalized spacial score (nSPS) is 17.1. The van der Waals surface area contributed by atoms with Crippen LogP contribution in [0.1, 0.15) is 67.9 Å². The SMILES string of the molecule is Cc1ccc(NC(=O)c2ccc(N3CCC(N(C)Cc4cc(Br)c5c(c4)C(=O)N(C4CCC(=O)NC4=O)C5=O)CC3)cc2)cc1Nc1nccc(-c2cccnc2)n1. The van der Waals surface area contributed by atoms with E-state index >= 15 is 0 Å². The summed E-state index contributed by atoms with van der Waals surface area (Å²) in [5.74, 6) is -1.88. The molecule has 2 fully saturated rings. The van der Waals surface area contributed by atoms with Crippen LogP contribution in [0.15, 0.2) is 95.9 Å². The molecule has 0 spiro atoms. The van der Waals surface area contributed by atoms with Crippen molar-refractivity contribution in [3.05, 3.63) is 124 Å². The lowest BCUT2D eigenvalue weighted by molar-refractivity contribution is -0.136. The van der Waals surface area contributed by atoms with E-state index < -0.39 is 29.7 Å². The van der Waals surface area contributed by atoms with Gasteiger partial charge < -0.3 is 15.5 Å². The van der Waals surface area contributed by atoms with Crippen LogP contribution < -0.4 is 20.9 Å². The van der Waals surface area contributed by atoms with Crippen molar-refractivity contribution in [1.29, 1.82) is 0 Å². The van der Waals surface area contributed by atoms with Gasteiger partial charge in [-0.1, -0.05) is 6.07 Å². The van der Waals surface area contributed by atoms with Crippen molar-refractivity contribution in [2.75, 3.05) is 35.7 Å². The van der Waals surface area contributed by atoms with E-state index in [-0.39, 0.29) is 35.9 Å². The van der Waals surface area contributed by atoms with Gasteiger partial charge in [-0.05, 0) is 127 Å².